The van der Waals surface area contributed by atoms with Crippen LogP contribution in [0.3, 0.4) is 0 Å². The summed E-state index contributed by atoms with van der Waals surface area (Å²) in [6.07, 6.45) is 0. The normalized spacial score (nSPS) is 13.0. The fourth-order valence-electron chi connectivity index (χ4n) is 5.87. The number of nitrogens with zero attached hydrogens (tertiary/aromatic N) is 3. The van der Waals surface area contributed by atoms with Gasteiger partial charge in [0.15, 0.2) is 5.60 Å². The molecular weight excluding hydrogens is 568 g/mol. The van der Waals surface area contributed by atoms with Crippen molar-refractivity contribution in [3.63, 3.8) is 0 Å². The van der Waals surface area contributed by atoms with Crippen LogP contribution >= 0.6 is 0 Å². The van der Waals surface area contributed by atoms with Crippen LogP contribution in [0.4, 0.5) is 5.69 Å². The predicted octanol–water partition coefficient (Wildman–Crippen LogP) is 6.19. The van der Waals surface area contributed by atoms with E-state index in [4.69, 9.17) is 19.4 Å². The van der Waals surface area contributed by atoms with E-state index in [2.05, 4.69) is 10.2 Å². The minimum atomic E-state index is -1.39. The molecular formula is C36H34N4O5. The number of carbonyl (C=O) groups is 1. The van der Waals surface area contributed by atoms with Gasteiger partial charge in [0.05, 0.1) is 11.4 Å². The summed E-state index contributed by atoms with van der Waals surface area (Å²) in [7, 11) is 0. The summed E-state index contributed by atoms with van der Waals surface area (Å²) in [5, 5.41) is 23.9. The molecule has 0 fully saturated rings. The van der Waals surface area contributed by atoms with Gasteiger partial charge in [-0.25, -0.2) is 0 Å². The maximum atomic E-state index is 12.1. The van der Waals surface area contributed by atoms with Crippen LogP contribution in [0.25, 0.3) is 0 Å². The highest BCUT2D eigenvalue weighted by Crippen LogP contribution is 2.53. The Hall–Kier alpha value is -5.41. The van der Waals surface area contributed by atoms with Gasteiger partial charge in [-0.15, -0.1) is 0 Å². The molecule has 5 aromatic rings. The number of hydrogen-bond donors (Lipinski definition) is 3. The standard InChI is InChI=1S/C36H34N4O5/c1-24-6-3-10-28(38-24)21-40(22-29-11-4-7-25(2)39-29)17-16-37-27-9-5-8-26(18-27)36(44-23-41)32-14-12-30(42)19-34(32)45-35-20-31(43)13-15-33(35)36/h3-15,18-20,23,37,42-43H,16-17,21-22H2,1-2H3. The first-order chi connectivity index (χ1) is 21.8. The van der Waals surface area contributed by atoms with Gasteiger partial charge in [-0.2, -0.15) is 0 Å². The topological polar surface area (TPSA) is 117 Å². The predicted molar refractivity (Wildman–Crippen MR) is 170 cm³/mol. The van der Waals surface area contributed by atoms with E-state index in [1.807, 2.05) is 74.5 Å². The molecule has 0 atom stereocenters. The van der Waals surface area contributed by atoms with Crippen LogP contribution in [0.2, 0.25) is 0 Å². The molecule has 2 aromatic heterocycles. The number of ether oxygens (including phenoxy) is 2. The highest BCUT2D eigenvalue weighted by Gasteiger charge is 2.46. The monoisotopic (exact) mass is 602 g/mol. The van der Waals surface area contributed by atoms with E-state index in [1.165, 1.54) is 24.3 Å². The number of aromatic nitrogens is 2. The van der Waals surface area contributed by atoms with Crippen LogP contribution in [-0.4, -0.2) is 44.6 Å². The first-order valence-corrected chi connectivity index (χ1v) is 14.7. The number of phenols is 2. The number of aromatic hydroxyl groups is 2. The molecule has 1 aliphatic rings. The smallest absolute Gasteiger partial charge is 0.294 e. The number of anilines is 1. The van der Waals surface area contributed by atoms with Crippen molar-refractivity contribution < 1.29 is 24.5 Å². The lowest BCUT2D eigenvalue weighted by atomic mass is 9.77. The average Bonchev–Trinajstić information content (AvgIpc) is 3.01. The van der Waals surface area contributed by atoms with Crippen LogP contribution in [-0.2, 0) is 28.2 Å². The van der Waals surface area contributed by atoms with Gasteiger partial charge >= 0.3 is 0 Å². The first kappa shape index (κ1) is 29.7. The van der Waals surface area contributed by atoms with Crippen molar-refractivity contribution in [2.45, 2.75) is 32.5 Å². The van der Waals surface area contributed by atoms with Crippen LogP contribution in [0.1, 0.15) is 39.5 Å². The van der Waals surface area contributed by atoms with E-state index in [0.29, 0.717) is 60.8 Å². The number of carbonyl (C=O) groups excluding carboxylic acids is 1. The molecule has 0 bridgehead atoms. The number of hydrogen-bond acceptors (Lipinski definition) is 9. The van der Waals surface area contributed by atoms with Crippen molar-refractivity contribution in [2.24, 2.45) is 0 Å². The minimum Gasteiger partial charge on any atom is -0.508 e. The van der Waals surface area contributed by atoms with Crippen molar-refractivity contribution >= 4 is 12.2 Å². The molecule has 6 rings (SSSR count). The summed E-state index contributed by atoms with van der Waals surface area (Å²) in [4.78, 5) is 23.8. The van der Waals surface area contributed by atoms with Gasteiger partial charge in [-0.3, -0.25) is 19.7 Å². The summed E-state index contributed by atoms with van der Waals surface area (Å²) in [6, 6.07) is 29.1. The summed E-state index contributed by atoms with van der Waals surface area (Å²) in [6.45, 7) is 7.07. The summed E-state index contributed by atoms with van der Waals surface area (Å²) >= 11 is 0. The van der Waals surface area contributed by atoms with Gasteiger partial charge in [0.2, 0.25) is 0 Å². The Morgan fingerprint density at radius 1 is 0.800 bits per heavy atom. The van der Waals surface area contributed by atoms with Crippen LogP contribution in [0, 0.1) is 13.8 Å². The zero-order valence-corrected chi connectivity index (χ0v) is 25.1. The summed E-state index contributed by atoms with van der Waals surface area (Å²) in [5.74, 6) is 0.634. The lowest BCUT2D eigenvalue weighted by molar-refractivity contribution is -0.137. The SMILES string of the molecule is Cc1cccc(CN(CCNc2cccc(C3(OC=O)c4ccc(O)cc4Oc4cc(O)ccc43)c2)Cc2cccc(C)n2)n1. The lowest BCUT2D eigenvalue weighted by Gasteiger charge is -2.39. The molecule has 0 spiro atoms. The fourth-order valence-corrected chi connectivity index (χ4v) is 5.87. The highest BCUT2D eigenvalue weighted by molar-refractivity contribution is 5.66. The second-order valence-corrected chi connectivity index (χ2v) is 11.1. The molecule has 0 saturated heterocycles. The number of rotatable bonds is 11. The van der Waals surface area contributed by atoms with Crippen molar-refractivity contribution in [3.8, 4) is 23.0 Å². The molecule has 9 heteroatoms. The van der Waals surface area contributed by atoms with E-state index in [0.717, 1.165) is 28.5 Å². The van der Waals surface area contributed by atoms with Gasteiger partial charge in [-0.05, 0) is 74.5 Å². The Morgan fingerprint density at radius 2 is 1.38 bits per heavy atom. The molecule has 228 valence electrons. The van der Waals surface area contributed by atoms with Crippen molar-refractivity contribution in [3.05, 3.63) is 137 Å². The Labute approximate surface area is 261 Å². The molecule has 3 N–H and O–H groups in total. The third kappa shape index (κ3) is 6.30. The largest absolute Gasteiger partial charge is 0.508 e. The lowest BCUT2D eigenvalue weighted by Crippen LogP contribution is -2.35. The van der Waals surface area contributed by atoms with Crippen molar-refractivity contribution in [1.29, 1.82) is 0 Å². The Morgan fingerprint density at radius 3 is 1.93 bits per heavy atom. The van der Waals surface area contributed by atoms with Gasteiger partial charge in [0, 0.05) is 72.1 Å². The van der Waals surface area contributed by atoms with E-state index in [-0.39, 0.29) is 11.5 Å². The second-order valence-electron chi connectivity index (χ2n) is 11.1. The maximum absolute atomic E-state index is 12.1. The van der Waals surface area contributed by atoms with Gasteiger partial charge in [0.25, 0.3) is 6.47 Å². The molecule has 1 aliphatic heterocycles. The zero-order chi connectivity index (χ0) is 31.4. The molecule has 0 amide bonds. The van der Waals surface area contributed by atoms with E-state index in [9.17, 15) is 15.0 Å². The molecule has 3 heterocycles. The molecule has 9 nitrogen and oxygen atoms in total. The fraction of sp³-hybridized carbons (Fsp3) is 0.194. The molecule has 0 saturated carbocycles. The maximum Gasteiger partial charge on any atom is 0.294 e. The van der Waals surface area contributed by atoms with Crippen LogP contribution < -0.4 is 10.1 Å². The van der Waals surface area contributed by atoms with Gasteiger partial charge in [-0.1, -0.05) is 24.3 Å². The number of nitrogens with one attached hydrogen (secondary N) is 1. The molecule has 3 aromatic carbocycles. The third-order valence-corrected chi connectivity index (χ3v) is 7.82. The summed E-state index contributed by atoms with van der Waals surface area (Å²) < 4.78 is 12.0. The van der Waals surface area contributed by atoms with E-state index in [1.54, 1.807) is 12.1 Å². The minimum absolute atomic E-state index is 0.000876. The highest BCUT2D eigenvalue weighted by atomic mass is 16.5. The quantitative estimate of drug-likeness (QED) is 0.152. The van der Waals surface area contributed by atoms with E-state index < -0.39 is 5.60 Å². The third-order valence-electron chi connectivity index (χ3n) is 7.82. The molecule has 45 heavy (non-hydrogen) atoms. The van der Waals surface area contributed by atoms with E-state index >= 15 is 0 Å². The molecule has 0 radical (unpaired) electrons. The Kier molecular flexibility index (Phi) is 8.35. The first-order valence-electron chi connectivity index (χ1n) is 14.7. The van der Waals surface area contributed by atoms with Crippen molar-refractivity contribution in [2.75, 3.05) is 18.4 Å². The van der Waals surface area contributed by atoms with Crippen molar-refractivity contribution in [1.82, 2.24) is 14.9 Å². The number of benzene rings is 3. The summed E-state index contributed by atoms with van der Waals surface area (Å²) in [5.41, 5.74) is 5.15. The average molecular weight is 603 g/mol. The Balaban J connectivity index is 1.29. The Bertz CT molecular complexity index is 1740. The van der Waals surface area contributed by atoms with Crippen LogP contribution in [0.15, 0.2) is 97.1 Å². The van der Waals surface area contributed by atoms with Gasteiger partial charge < -0.3 is 25.0 Å². The number of pyridine rings is 2. The number of phenolic OH excluding ortho intramolecular Hbond substituents is 2. The number of aryl methyl sites for hydroxylation is 2. The van der Waals surface area contributed by atoms with Crippen LogP contribution in [0.5, 0.6) is 23.0 Å². The molecule has 0 unspecified atom stereocenters. The second kappa shape index (κ2) is 12.7. The zero-order valence-electron chi connectivity index (χ0n) is 25.1. The number of fused-ring (bicyclic) bond motifs is 2. The molecule has 0 aliphatic carbocycles. The van der Waals surface area contributed by atoms with Gasteiger partial charge in [0.1, 0.15) is 23.0 Å².